The fourth-order valence-electron chi connectivity index (χ4n) is 14.0. The molecule has 0 aromatic carbocycles. The molecule has 0 aromatic rings. The third kappa shape index (κ3) is 31.3. The smallest absolute Gasteiger partial charge is 0.0737 e. The van der Waals surface area contributed by atoms with Gasteiger partial charge in [0.05, 0.1) is 16.9 Å². The molecule has 2 fully saturated rings. The van der Waals surface area contributed by atoms with Gasteiger partial charge in [-0.05, 0) is 135 Å². The van der Waals surface area contributed by atoms with E-state index in [1.54, 1.807) is 0 Å². The number of halogens is 5. The molecule has 0 radical (unpaired) electrons. The van der Waals surface area contributed by atoms with E-state index in [-0.39, 0.29) is 22.3 Å². The Morgan fingerprint density at radius 3 is 1.30 bits per heavy atom. The van der Waals surface area contributed by atoms with Gasteiger partial charge in [0.1, 0.15) is 0 Å². The molecule has 0 amide bonds. The van der Waals surface area contributed by atoms with Crippen LogP contribution in [0.5, 0.6) is 0 Å². The highest BCUT2D eigenvalue weighted by atomic mass is 35.5. The van der Waals surface area contributed by atoms with Gasteiger partial charge >= 0.3 is 0 Å². The topological polar surface area (TPSA) is 45.3 Å². The van der Waals surface area contributed by atoms with Crippen molar-refractivity contribution >= 4 is 58.0 Å². The lowest BCUT2D eigenvalue weighted by atomic mass is 9.67. The van der Waals surface area contributed by atoms with Crippen LogP contribution in [0.25, 0.3) is 0 Å². The maximum Gasteiger partial charge on any atom is 0.0737 e. The molecule has 3 N–H and O–H groups in total. The molecule has 9 heteroatoms. The predicted molar refractivity (Wildman–Crippen MR) is 357 cm³/mol. The molecule has 79 heavy (non-hydrogen) atoms. The zero-order valence-corrected chi connectivity index (χ0v) is 57.1. The summed E-state index contributed by atoms with van der Waals surface area (Å²) in [5.41, 5.74) is 3.80. The van der Waals surface area contributed by atoms with E-state index in [0.29, 0.717) is 64.5 Å². The van der Waals surface area contributed by atoms with E-state index >= 15 is 0 Å². The zero-order chi connectivity index (χ0) is 58.4. The summed E-state index contributed by atoms with van der Waals surface area (Å²) in [5, 5.41) is 11.6. The molecular formula is C70H130Cl5N3O. The van der Waals surface area contributed by atoms with Gasteiger partial charge in [-0.2, -0.15) is 0 Å². The van der Waals surface area contributed by atoms with Crippen molar-refractivity contribution in [2.45, 2.75) is 302 Å². The van der Waals surface area contributed by atoms with Gasteiger partial charge in [0.15, 0.2) is 0 Å². The first-order chi connectivity index (χ1) is 38.0. The van der Waals surface area contributed by atoms with Gasteiger partial charge in [-0.15, -0.1) is 58.0 Å². The summed E-state index contributed by atoms with van der Waals surface area (Å²) in [7, 11) is 1.81. The van der Waals surface area contributed by atoms with Crippen LogP contribution in [-0.2, 0) is 4.74 Å². The van der Waals surface area contributed by atoms with Gasteiger partial charge < -0.3 is 20.7 Å². The van der Waals surface area contributed by atoms with Crippen LogP contribution in [0.2, 0.25) is 0 Å². The molecule has 2 saturated carbocycles. The van der Waals surface area contributed by atoms with E-state index in [0.717, 1.165) is 82.8 Å². The largest absolute Gasteiger partial charge is 0.389 e. The first kappa shape index (κ1) is 75.1. The molecule has 466 valence electrons. The van der Waals surface area contributed by atoms with Crippen molar-refractivity contribution in [3.8, 4) is 0 Å². The van der Waals surface area contributed by atoms with E-state index in [9.17, 15) is 0 Å². The molecule has 0 heterocycles. The lowest BCUT2D eigenvalue weighted by molar-refractivity contribution is 0.0305. The van der Waals surface area contributed by atoms with Crippen LogP contribution in [0.1, 0.15) is 280 Å². The summed E-state index contributed by atoms with van der Waals surface area (Å²) in [6.07, 6.45) is 44.6. The van der Waals surface area contributed by atoms with Gasteiger partial charge in [-0.1, -0.05) is 229 Å². The summed E-state index contributed by atoms with van der Waals surface area (Å²) >= 11 is 32.6. The SMILES string of the molecule is C=C(CCC(C)(CCC(=C)NCCCCCCCCCC1CC(CC)C(Cl)C(C)C1C)CCC(=C)NCCCCCCCCCC1CC(CCl)C(Cl)C(Cl)C1C)NCCCCCCCCCCC(C)C(C)C(CC)C(CCl)OC. The van der Waals surface area contributed by atoms with E-state index < -0.39 is 0 Å². The minimum absolute atomic E-state index is 0.00736. The molecule has 2 aliphatic rings. The molecule has 2 rings (SSSR count). The number of alkyl halides is 5. The molecule has 0 saturated heterocycles. The third-order valence-corrected chi connectivity index (χ3v) is 23.6. The van der Waals surface area contributed by atoms with Crippen molar-refractivity contribution < 1.29 is 4.74 Å². The minimum Gasteiger partial charge on any atom is -0.389 e. The Bertz CT molecular complexity index is 1450. The van der Waals surface area contributed by atoms with E-state index in [1.807, 2.05) is 7.11 Å². The van der Waals surface area contributed by atoms with Crippen LogP contribution >= 0.6 is 58.0 Å². The Balaban J connectivity index is 1.68. The summed E-state index contributed by atoms with van der Waals surface area (Å²) in [6.45, 7) is 35.8. The molecule has 15 unspecified atom stereocenters. The third-order valence-electron chi connectivity index (χ3n) is 20.7. The Morgan fingerprint density at radius 1 is 0.519 bits per heavy atom. The van der Waals surface area contributed by atoms with Crippen molar-refractivity contribution in [1.82, 2.24) is 16.0 Å². The summed E-state index contributed by atoms with van der Waals surface area (Å²) in [5.74, 6) is 7.59. The van der Waals surface area contributed by atoms with Gasteiger partial charge in [0.2, 0.25) is 0 Å². The van der Waals surface area contributed by atoms with Crippen LogP contribution in [-0.4, -0.2) is 60.7 Å². The normalized spacial score (nSPS) is 25.7. The second kappa shape index (κ2) is 45.4. The molecule has 15 atom stereocenters. The quantitative estimate of drug-likeness (QED) is 0.0420. The summed E-state index contributed by atoms with van der Waals surface area (Å²) in [4.78, 5) is 0. The molecule has 4 nitrogen and oxygen atoms in total. The fourth-order valence-corrected chi connectivity index (χ4v) is 16.1. The van der Waals surface area contributed by atoms with Crippen molar-refractivity contribution in [3.63, 3.8) is 0 Å². The van der Waals surface area contributed by atoms with E-state index in [1.165, 1.54) is 190 Å². The molecule has 0 spiro atoms. The number of nitrogens with one attached hydrogen (secondary N) is 3. The van der Waals surface area contributed by atoms with Crippen LogP contribution in [0.15, 0.2) is 36.8 Å². The van der Waals surface area contributed by atoms with Crippen molar-refractivity contribution in [2.24, 2.45) is 64.6 Å². The highest BCUT2D eigenvalue weighted by molar-refractivity contribution is 6.31. The number of allylic oxidation sites excluding steroid dienone is 3. The molecule has 2 aliphatic carbocycles. The minimum atomic E-state index is 0.00736. The number of hydrogen-bond donors (Lipinski definition) is 3. The van der Waals surface area contributed by atoms with Crippen LogP contribution in [0.3, 0.4) is 0 Å². The lowest BCUT2D eigenvalue weighted by Crippen LogP contribution is -2.41. The average molecular weight is 1210 g/mol. The molecule has 0 aliphatic heterocycles. The second-order valence-electron chi connectivity index (χ2n) is 26.9. The van der Waals surface area contributed by atoms with Gasteiger partial charge in [-0.25, -0.2) is 0 Å². The zero-order valence-electron chi connectivity index (χ0n) is 53.3. The maximum atomic E-state index is 6.83. The van der Waals surface area contributed by atoms with Crippen molar-refractivity contribution in [2.75, 3.05) is 38.5 Å². The number of rotatable bonds is 51. The Hall–Kier alpha value is 0.0300. The average Bonchev–Trinajstić information content (AvgIpc) is 3.46. The van der Waals surface area contributed by atoms with Crippen LogP contribution in [0.4, 0.5) is 0 Å². The Kier molecular flexibility index (Phi) is 43.1. The van der Waals surface area contributed by atoms with Gasteiger partial charge in [0.25, 0.3) is 0 Å². The van der Waals surface area contributed by atoms with E-state index in [2.05, 4.69) is 91.1 Å². The number of methoxy groups -OCH3 is 1. The Labute approximate surface area is 517 Å². The lowest BCUT2D eigenvalue weighted by Gasteiger charge is -2.42. The highest BCUT2D eigenvalue weighted by Gasteiger charge is 2.41. The Morgan fingerprint density at radius 2 is 0.911 bits per heavy atom. The maximum absolute atomic E-state index is 6.83. The number of ether oxygens (including phenoxy) is 1. The summed E-state index contributed by atoms with van der Waals surface area (Å²) in [6, 6.07) is 0. The number of unbranched alkanes of at least 4 members (excludes halogenated alkanes) is 19. The molecular weight excluding hydrogens is 1080 g/mol. The molecule has 0 aromatic heterocycles. The molecule has 0 bridgehead atoms. The standard InChI is InChI=1S/C70H130Cl5N3O/c1-13-61-49-62(58(8)59(9)67(61)73)38-32-26-20-17-23-29-35-47-77-55(5)41-44-70(11,45-42-56(6)78-48-36-30-24-18-21-27-33-39-63-50-64(51-71)69(75)68(74)60(63)10)43-40-54(4)76-46-34-28-22-16-15-19-25-31-37-53(3)57(7)65(14-2)66(52-72)79-12/h53,57-69,76-78H,4-6,13-52H2,1-3,7-12H3. The first-order valence-electron chi connectivity index (χ1n) is 33.8. The second-order valence-corrected chi connectivity index (χ2v) is 29.0. The predicted octanol–water partition coefficient (Wildman–Crippen LogP) is 22.6. The van der Waals surface area contributed by atoms with Crippen LogP contribution < -0.4 is 16.0 Å². The fraction of sp³-hybridized carbons (Fsp3) is 0.914. The summed E-state index contributed by atoms with van der Waals surface area (Å²) < 4.78 is 5.72. The van der Waals surface area contributed by atoms with Gasteiger partial charge in [-0.3, -0.25) is 0 Å². The number of hydrogen-bond acceptors (Lipinski definition) is 4. The van der Waals surface area contributed by atoms with Crippen LogP contribution in [0, 0.1) is 64.6 Å². The van der Waals surface area contributed by atoms with E-state index in [4.69, 9.17) is 62.7 Å². The van der Waals surface area contributed by atoms with Crippen molar-refractivity contribution in [1.29, 1.82) is 0 Å². The van der Waals surface area contributed by atoms with Gasteiger partial charge in [0, 0.05) is 61.0 Å². The first-order valence-corrected chi connectivity index (χ1v) is 36.2. The van der Waals surface area contributed by atoms with Crippen molar-refractivity contribution in [3.05, 3.63) is 36.8 Å². The monoisotopic (exact) mass is 1200 g/mol. The highest BCUT2D eigenvalue weighted by Crippen LogP contribution is 2.45.